The zero-order valence-electron chi connectivity index (χ0n) is 11.1. The van der Waals surface area contributed by atoms with Crippen molar-refractivity contribution in [2.24, 2.45) is 0 Å². The van der Waals surface area contributed by atoms with Crippen LogP contribution >= 0.6 is 0 Å². The zero-order valence-corrected chi connectivity index (χ0v) is 11.1. The minimum atomic E-state index is -1.19. The van der Waals surface area contributed by atoms with Crippen LogP contribution in [0.25, 0.3) is 0 Å². The zero-order chi connectivity index (χ0) is 14.7. The van der Waals surface area contributed by atoms with E-state index in [9.17, 15) is 14.4 Å². The summed E-state index contributed by atoms with van der Waals surface area (Å²) < 4.78 is 4.92. The molecule has 6 nitrogen and oxygen atoms in total. The lowest BCUT2D eigenvalue weighted by Gasteiger charge is -2.06. The van der Waals surface area contributed by atoms with Gasteiger partial charge in [0.25, 0.3) is 0 Å². The number of unbranched alkanes of at least 4 members (excludes halogenated alkanes) is 3. The normalized spacial score (nSPS) is 11.1. The fourth-order valence-corrected chi connectivity index (χ4v) is 1.39. The molecule has 6 heteroatoms. The van der Waals surface area contributed by atoms with Crippen LogP contribution in [0, 0.1) is 0 Å². The molecule has 108 valence electrons. The molecule has 0 rings (SSSR count). The Morgan fingerprint density at radius 3 is 2.26 bits per heavy atom. The number of carbonyl (C=O) groups excluding carboxylic acids is 1. The summed E-state index contributed by atoms with van der Waals surface area (Å²) in [6.45, 7) is 2.29. The summed E-state index contributed by atoms with van der Waals surface area (Å²) in [5.41, 5.74) is -0.120. The second kappa shape index (κ2) is 10.1. The van der Waals surface area contributed by atoms with Gasteiger partial charge in [-0.05, 0) is 6.42 Å². The lowest BCUT2D eigenvalue weighted by molar-refractivity contribution is -0.143. The molecule has 0 aromatic heterocycles. The quantitative estimate of drug-likeness (QED) is 0.358. The maximum atomic E-state index is 11.6. The molecule has 0 bridgehead atoms. The van der Waals surface area contributed by atoms with Crippen LogP contribution in [0.3, 0.4) is 0 Å². The minimum Gasteiger partial charge on any atom is -0.481 e. The number of rotatable bonds is 10. The van der Waals surface area contributed by atoms with E-state index in [0.29, 0.717) is 0 Å². The van der Waals surface area contributed by atoms with Gasteiger partial charge in [-0.15, -0.1) is 0 Å². The van der Waals surface area contributed by atoms with Crippen LogP contribution in [-0.4, -0.2) is 34.7 Å². The minimum absolute atomic E-state index is 0.120. The van der Waals surface area contributed by atoms with Crippen molar-refractivity contribution >= 4 is 17.9 Å². The highest BCUT2D eigenvalue weighted by Gasteiger charge is 2.15. The van der Waals surface area contributed by atoms with E-state index in [1.807, 2.05) is 0 Å². The summed E-state index contributed by atoms with van der Waals surface area (Å²) in [6.07, 6.45) is 3.94. The van der Waals surface area contributed by atoms with Crippen LogP contribution in [0.4, 0.5) is 0 Å². The monoisotopic (exact) mass is 272 g/mol. The highest BCUT2D eigenvalue weighted by molar-refractivity contribution is 5.94. The number of esters is 1. The molecule has 0 aromatic carbocycles. The average Bonchev–Trinajstić information content (AvgIpc) is 2.33. The predicted molar refractivity (Wildman–Crippen MR) is 67.7 cm³/mol. The SMILES string of the molecule is CCCCCCOC(=O)C(=CCC(=O)O)CC(=O)O. The van der Waals surface area contributed by atoms with Gasteiger partial charge in [0.2, 0.25) is 0 Å². The van der Waals surface area contributed by atoms with Crippen LogP contribution in [0.5, 0.6) is 0 Å². The summed E-state index contributed by atoms with van der Waals surface area (Å²) in [5, 5.41) is 17.2. The van der Waals surface area contributed by atoms with Gasteiger partial charge >= 0.3 is 17.9 Å². The maximum absolute atomic E-state index is 11.6. The van der Waals surface area contributed by atoms with Gasteiger partial charge in [-0.25, -0.2) is 4.79 Å². The van der Waals surface area contributed by atoms with E-state index in [1.54, 1.807) is 0 Å². The first-order valence-electron chi connectivity index (χ1n) is 6.27. The second-order valence-corrected chi connectivity index (χ2v) is 4.09. The van der Waals surface area contributed by atoms with Gasteiger partial charge in [-0.1, -0.05) is 32.3 Å². The first kappa shape index (κ1) is 17.2. The number of carboxylic acids is 2. The molecular weight excluding hydrogens is 252 g/mol. The summed E-state index contributed by atoms with van der Waals surface area (Å²) in [6, 6.07) is 0. The van der Waals surface area contributed by atoms with Gasteiger partial charge in [0.15, 0.2) is 0 Å². The van der Waals surface area contributed by atoms with E-state index < -0.39 is 30.7 Å². The Morgan fingerprint density at radius 2 is 1.74 bits per heavy atom. The van der Waals surface area contributed by atoms with Crippen molar-refractivity contribution in [1.29, 1.82) is 0 Å². The molecule has 0 aromatic rings. The number of carboxylic acid groups (broad SMARTS) is 2. The van der Waals surface area contributed by atoms with E-state index in [-0.39, 0.29) is 12.2 Å². The number of ether oxygens (including phenoxy) is 1. The van der Waals surface area contributed by atoms with E-state index in [4.69, 9.17) is 14.9 Å². The molecular formula is C13H20O6. The van der Waals surface area contributed by atoms with E-state index in [1.165, 1.54) is 0 Å². The Bertz CT molecular complexity index is 345. The predicted octanol–water partition coefficient (Wildman–Crippen LogP) is 1.99. The summed E-state index contributed by atoms with van der Waals surface area (Å²) >= 11 is 0. The molecule has 0 atom stereocenters. The molecule has 2 N–H and O–H groups in total. The van der Waals surface area contributed by atoms with Gasteiger partial charge in [-0.2, -0.15) is 0 Å². The van der Waals surface area contributed by atoms with Gasteiger partial charge in [0.05, 0.1) is 19.4 Å². The van der Waals surface area contributed by atoms with Crippen molar-refractivity contribution in [1.82, 2.24) is 0 Å². The Kier molecular flexibility index (Phi) is 9.12. The largest absolute Gasteiger partial charge is 0.481 e. The molecule has 0 aliphatic carbocycles. The van der Waals surface area contributed by atoms with Crippen molar-refractivity contribution in [3.8, 4) is 0 Å². The Labute approximate surface area is 112 Å². The third-order valence-electron chi connectivity index (χ3n) is 2.36. The highest BCUT2D eigenvalue weighted by atomic mass is 16.5. The van der Waals surface area contributed by atoms with Gasteiger partial charge in [0.1, 0.15) is 0 Å². The Hall–Kier alpha value is -1.85. The highest BCUT2D eigenvalue weighted by Crippen LogP contribution is 2.08. The standard InChI is InChI=1S/C13H20O6/c1-2-3-4-5-8-19-13(18)10(9-12(16)17)6-7-11(14)15/h6H,2-5,7-9H2,1H3,(H,14,15)(H,16,17). The van der Waals surface area contributed by atoms with E-state index in [0.717, 1.165) is 31.8 Å². The topological polar surface area (TPSA) is 101 Å². The molecule has 0 saturated heterocycles. The maximum Gasteiger partial charge on any atom is 0.334 e. The summed E-state index contributed by atoms with van der Waals surface area (Å²) in [5.74, 6) is -3.07. The third kappa shape index (κ3) is 9.82. The van der Waals surface area contributed by atoms with Crippen molar-refractivity contribution in [3.05, 3.63) is 11.6 Å². The number of carbonyl (C=O) groups is 3. The van der Waals surface area contributed by atoms with Gasteiger partial charge in [0, 0.05) is 5.57 Å². The molecule has 0 unspecified atom stereocenters. The van der Waals surface area contributed by atoms with Crippen LogP contribution in [0.1, 0.15) is 45.4 Å². The van der Waals surface area contributed by atoms with Crippen LogP contribution in [-0.2, 0) is 19.1 Å². The van der Waals surface area contributed by atoms with Crippen LogP contribution < -0.4 is 0 Å². The summed E-state index contributed by atoms with van der Waals surface area (Å²) in [7, 11) is 0. The number of hydrogen-bond acceptors (Lipinski definition) is 4. The Morgan fingerprint density at radius 1 is 1.05 bits per heavy atom. The first-order chi connectivity index (χ1) is 8.97. The number of aliphatic carboxylic acids is 2. The molecule has 0 heterocycles. The fourth-order valence-electron chi connectivity index (χ4n) is 1.39. The lowest BCUT2D eigenvalue weighted by Crippen LogP contribution is -2.13. The molecule has 0 fully saturated rings. The molecule has 0 amide bonds. The van der Waals surface area contributed by atoms with Gasteiger partial charge in [-0.3, -0.25) is 9.59 Å². The third-order valence-corrected chi connectivity index (χ3v) is 2.36. The van der Waals surface area contributed by atoms with Crippen LogP contribution in [0.2, 0.25) is 0 Å². The molecule has 0 aliphatic rings. The lowest BCUT2D eigenvalue weighted by atomic mass is 10.1. The summed E-state index contributed by atoms with van der Waals surface area (Å²) in [4.78, 5) is 32.6. The number of hydrogen-bond donors (Lipinski definition) is 2. The molecule has 0 radical (unpaired) electrons. The Balaban J connectivity index is 4.26. The molecule has 0 aliphatic heterocycles. The smallest absolute Gasteiger partial charge is 0.334 e. The van der Waals surface area contributed by atoms with E-state index in [2.05, 4.69) is 6.92 Å². The fraction of sp³-hybridized carbons (Fsp3) is 0.615. The molecule has 0 spiro atoms. The van der Waals surface area contributed by atoms with Crippen molar-refractivity contribution in [2.45, 2.75) is 45.4 Å². The molecule has 0 saturated carbocycles. The van der Waals surface area contributed by atoms with Crippen molar-refractivity contribution in [2.75, 3.05) is 6.61 Å². The molecule has 19 heavy (non-hydrogen) atoms. The second-order valence-electron chi connectivity index (χ2n) is 4.09. The average molecular weight is 272 g/mol. The van der Waals surface area contributed by atoms with Gasteiger partial charge < -0.3 is 14.9 Å². The first-order valence-corrected chi connectivity index (χ1v) is 6.27. The van der Waals surface area contributed by atoms with Crippen molar-refractivity contribution in [3.63, 3.8) is 0 Å². The van der Waals surface area contributed by atoms with Crippen LogP contribution in [0.15, 0.2) is 11.6 Å². The van der Waals surface area contributed by atoms with E-state index >= 15 is 0 Å². The van der Waals surface area contributed by atoms with Crippen molar-refractivity contribution < 1.29 is 29.3 Å².